The molecule has 1 N–H and O–H groups in total. The number of carbonyl (C=O) groups excluding carboxylic acids is 6. The standard InChI is InChI=1S/C24H31NO7S/c1-18(29)2-3-19-4-6-20(7-5-19)12-22(30)16-32-17-24(31)25-13-21(14-27)9-11-33-23(15-28)8-10-26/h4-7,10,14-15,21,23H,2-3,8-9,11-13,16-17H2,1H3,(H,25,31). The number of ketones is 2. The van der Waals surface area contributed by atoms with Crippen molar-refractivity contribution in [2.75, 3.05) is 25.5 Å². The molecule has 2 atom stereocenters. The van der Waals surface area contributed by atoms with Crippen LogP contribution in [0, 0.1) is 5.92 Å². The largest absolute Gasteiger partial charge is 0.364 e. The third-order valence-electron chi connectivity index (χ3n) is 4.74. The SMILES string of the molecule is CC(=O)CCc1ccc(CC(=O)COCC(=O)NCC(C=O)CCSC(C=O)CC=O)cc1. The molecule has 0 saturated heterocycles. The quantitative estimate of drug-likeness (QED) is 0.298. The molecule has 0 bridgehead atoms. The molecule has 0 aliphatic carbocycles. The molecule has 1 aromatic rings. The molecule has 0 aromatic heterocycles. The van der Waals surface area contributed by atoms with Crippen LogP contribution in [0.25, 0.3) is 0 Å². The van der Waals surface area contributed by atoms with Gasteiger partial charge in [0.2, 0.25) is 5.91 Å². The molecule has 33 heavy (non-hydrogen) atoms. The van der Waals surface area contributed by atoms with Crippen molar-refractivity contribution in [1.82, 2.24) is 5.32 Å². The van der Waals surface area contributed by atoms with Crippen LogP contribution < -0.4 is 5.32 Å². The van der Waals surface area contributed by atoms with Gasteiger partial charge in [-0.05, 0) is 36.6 Å². The number of benzene rings is 1. The molecule has 0 spiro atoms. The van der Waals surface area contributed by atoms with E-state index in [9.17, 15) is 28.8 Å². The van der Waals surface area contributed by atoms with Crippen molar-refractivity contribution in [3.05, 3.63) is 35.4 Å². The summed E-state index contributed by atoms with van der Waals surface area (Å²) in [7, 11) is 0. The van der Waals surface area contributed by atoms with Crippen molar-refractivity contribution in [1.29, 1.82) is 0 Å². The smallest absolute Gasteiger partial charge is 0.246 e. The summed E-state index contributed by atoms with van der Waals surface area (Å²) >= 11 is 1.30. The number of hydrogen-bond donors (Lipinski definition) is 1. The van der Waals surface area contributed by atoms with Crippen molar-refractivity contribution in [2.24, 2.45) is 5.92 Å². The Morgan fingerprint density at radius 1 is 1.03 bits per heavy atom. The van der Waals surface area contributed by atoms with Crippen LogP contribution in [0.1, 0.15) is 37.3 Å². The van der Waals surface area contributed by atoms with E-state index in [-0.39, 0.29) is 44.2 Å². The van der Waals surface area contributed by atoms with E-state index in [1.54, 1.807) is 6.92 Å². The van der Waals surface area contributed by atoms with Gasteiger partial charge in [0.15, 0.2) is 5.78 Å². The molecular formula is C24H31NO7S. The predicted octanol–water partition coefficient (Wildman–Crippen LogP) is 1.55. The van der Waals surface area contributed by atoms with Crippen molar-refractivity contribution >= 4 is 48.1 Å². The first-order valence-electron chi connectivity index (χ1n) is 10.8. The summed E-state index contributed by atoms with van der Waals surface area (Å²) in [6.45, 7) is 1.20. The fourth-order valence-electron chi connectivity index (χ4n) is 2.82. The fraction of sp³-hybridized carbons (Fsp3) is 0.500. The number of carbonyl (C=O) groups is 6. The molecule has 1 aromatic carbocycles. The minimum absolute atomic E-state index is 0.134. The number of aldehydes is 3. The number of hydrogen-bond acceptors (Lipinski definition) is 8. The zero-order chi connectivity index (χ0) is 24.5. The number of Topliss-reactive ketones (excluding diaryl/α,β-unsaturated/α-hetero) is 2. The summed E-state index contributed by atoms with van der Waals surface area (Å²) in [4.78, 5) is 67.4. The molecule has 8 nitrogen and oxygen atoms in total. The highest BCUT2D eigenvalue weighted by atomic mass is 32.2. The third kappa shape index (κ3) is 13.5. The second-order valence-electron chi connectivity index (χ2n) is 7.66. The molecule has 1 rings (SSSR count). The van der Waals surface area contributed by atoms with Crippen LogP contribution in [0.2, 0.25) is 0 Å². The Labute approximate surface area is 198 Å². The van der Waals surface area contributed by atoms with Crippen molar-refractivity contribution in [3.63, 3.8) is 0 Å². The average Bonchev–Trinajstić information content (AvgIpc) is 2.80. The van der Waals surface area contributed by atoms with E-state index in [4.69, 9.17) is 4.74 Å². The molecule has 0 saturated carbocycles. The minimum atomic E-state index is -0.427. The molecule has 9 heteroatoms. The van der Waals surface area contributed by atoms with Crippen LogP contribution in [0.5, 0.6) is 0 Å². The first-order chi connectivity index (χ1) is 15.9. The molecule has 2 unspecified atom stereocenters. The maximum atomic E-state index is 12.1. The summed E-state index contributed by atoms with van der Waals surface area (Å²) in [5.41, 5.74) is 1.86. The summed E-state index contributed by atoms with van der Waals surface area (Å²) in [6.07, 6.45) is 4.08. The van der Waals surface area contributed by atoms with E-state index in [0.29, 0.717) is 37.6 Å². The van der Waals surface area contributed by atoms with Crippen LogP contribution in [0.4, 0.5) is 0 Å². The topological polar surface area (TPSA) is 124 Å². The Morgan fingerprint density at radius 2 is 1.73 bits per heavy atom. The Bertz CT molecular complexity index is 795. The molecule has 180 valence electrons. The van der Waals surface area contributed by atoms with E-state index in [1.807, 2.05) is 24.3 Å². The minimum Gasteiger partial charge on any atom is -0.364 e. The normalized spacial score (nSPS) is 12.4. The average molecular weight is 478 g/mol. The number of thioether (sulfide) groups is 1. The van der Waals surface area contributed by atoms with Gasteiger partial charge in [-0.1, -0.05) is 24.3 Å². The van der Waals surface area contributed by atoms with Gasteiger partial charge in [0, 0.05) is 31.7 Å². The number of rotatable bonds is 19. The highest BCUT2D eigenvalue weighted by Crippen LogP contribution is 2.15. The first-order valence-corrected chi connectivity index (χ1v) is 11.8. The van der Waals surface area contributed by atoms with Crippen LogP contribution in [-0.2, 0) is 46.3 Å². The summed E-state index contributed by atoms with van der Waals surface area (Å²) < 4.78 is 5.17. The van der Waals surface area contributed by atoms with E-state index in [2.05, 4.69) is 5.32 Å². The van der Waals surface area contributed by atoms with Gasteiger partial charge in [-0.25, -0.2) is 0 Å². The van der Waals surface area contributed by atoms with Crippen molar-refractivity contribution < 1.29 is 33.5 Å². The maximum Gasteiger partial charge on any atom is 0.246 e. The molecule has 0 aliphatic heterocycles. The zero-order valence-electron chi connectivity index (χ0n) is 18.8. The monoisotopic (exact) mass is 477 g/mol. The Hall–Kier alpha value is -2.65. The molecule has 0 radical (unpaired) electrons. The number of nitrogens with one attached hydrogen (secondary N) is 1. The van der Waals surface area contributed by atoms with Gasteiger partial charge in [-0.3, -0.25) is 9.59 Å². The number of aryl methyl sites for hydroxylation is 1. The van der Waals surface area contributed by atoms with Crippen LogP contribution in [0.15, 0.2) is 24.3 Å². The van der Waals surface area contributed by atoms with Gasteiger partial charge in [-0.15, -0.1) is 0 Å². The molecule has 1 amide bonds. The van der Waals surface area contributed by atoms with Crippen molar-refractivity contribution in [3.8, 4) is 0 Å². The molecular weight excluding hydrogens is 446 g/mol. The summed E-state index contributed by atoms with van der Waals surface area (Å²) in [5.74, 6) is -0.356. The van der Waals surface area contributed by atoms with Gasteiger partial charge in [0.25, 0.3) is 0 Å². The lowest BCUT2D eigenvalue weighted by atomic mass is 10.0. The molecule has 0 aliphatic rings. The summed E-state index contributed by atoms with van der Waals surface area (Å²) in [5, 5.41) is 2.18. The Balaban J connectivity index is 2.23. The van der Waals surface area contributed by atoms with E-state index < -0.39 is 17.1 Å². The van der Waals surface area contributed by atoms with Crippen LogP contribution in [0.3, 0.4) is 0 Å². The second kappa shape index (κ2) is 16.9. The lowest BCUT2D eigenvalue weighted by Gasteiger charge is -2.13. The Morgan fingerprint density at radius 3 is 2.33 bits per heavy atom. The first kappa shape index (κ1) is 28.4. The van der Waals surface area contributed by atoms with Crippen molar-refractivity contribution in [2.45, 2.75) is 44.3 Å². The third-order valence-corrected chi connectivity index (χ3v) is 5.94. The highest BCUT2D eigenvalue weighted by Gasteiger charge is 2.13. The van der Waals surface area contributed by atoms with Crippen LogP contribution >= 0.6 is 11.8 Å². The van der Waals surface area contributed by atoms with Gasteiger partial charge >= 0.3 is 0 Å². The van der Waals surface area contributed by atoms with Gasteiger partial charge < -0.3 is 29.2 Å². The van der Waals surface area contributed by atoms with E-state index in [1.165, 1.54) is 11.8 Å². The number of ether oxygens (including phenoxy) is 1. The fourth-order valence-corrected chi connectivity index (χ4v) is 3.86. The van der Waals surface area contributed by atoms with Gasteiger partial charge in [0.05, 0.1) is 5.25 Å². The second-order valence-corrected chi connectivity index (χ2v) is 9.01. The predicted molar refractivity (Wildman–Crippen MR) is 125 cm³/mol. The Kier molecular flexibility index (Phi) is 14.5. The molecule has 0 fully saturated rings. The zero-order valence-corrected chi connectivity index (χ0v) is 19.6. The lowest BCUT2D eigenvalue weighted by Crippen LogP contribution is -2.33. The maximum absolute atomic E-state index is 12.1. The van der Waals surface area contributed by atoms with Gasteiger partial charge in [-0.2, -0.15) is 11.8 Å². The van der Waals surface area contributed by atoms with E-state index >= 15 is 0 Å². The molecule has 0 heterocycles. The van der Waals surface area contributed by atoms with E-state index in [0.717, 1.165) is 17.4 Å². The summed E-state index contributed by atoms with van der Waals surface area (Å²) in [6, 6.07) is 7.47. The lowest BCUT2D eigenvalue weighted by molar-refractivity contribution is -0.129. The van der Waals surface area contributed by atoms with Crippen LogP contribution in [-0.4, -0.2) is 67.1 Å². The number of amides is 1. The highest BCUT2D eigenvalue weighted by molar-refractivity contribution is 8.00. The van der Waals surface area contributed by atoms with Gasteiger partial charge in [0.1, 0.15) is 37.9 Å².